The van der Waals surface area contributed by atoms with Crippen molar-refractivity contribution >= 4 is 11.3 Å². The van der Waals surface area contributed by atoms with Gasteiger partial charge in [0.2, 0.25) is 0 Å². The van der Waals surface area contributed by atoms with Gasteiger partial charge < -0.3 is 14.7 Å². The molecule has 2 N–H and O–H groups in total. The molecule has 0 amide bonds. The van der Waals surface area contributed by atoms with Crippen LogP contribution in [0.1, 0.15) is 45.2 Å². The lowest BCUT2D eigenvalue weighted by atomic mass is 9.89. The van der Waals surface area contributed by atoms with Gasteiger partial charge in [0, 0.05) is 23.5 Å². The summed E-state index contributed by atoms with van der Waals surface area (Å²) in [6.07, 6.45) is 6.76. The second kappa shape index (κ2) is 5.86. The Hall–Kier alpha value is -2.49. The van der Waals surface area contributed by atoms with Crippen molar-refractivity contribution in [1.82, 2.24) is 9.97 Å². The molecule has 4 rings (SSSR count). The molecule has 0 radical (unpaired) electrons. The molecule has 0 saturated carbocycles. The molecule has 24 heavy (non-hydrogen) atoms. The zero-order chi connectivity index (χ0) is 16.7. The van der Waals surface area contributed by atoms with Crippen molar-refractivity contribution in [2.24, 2.45) is 4.99 Å². The van der Waals surface area contributed by atoms with Crippen molar-refractivity contribution in [3.8, 4) is 17.1 Å². The third-order valence-electron chi connectivity index (χ3n) is 5.09. The average molecular weight is 321 g/mol. The molecule has 0 aromatic carbocycles. The molecule has 0 atom stereocenters. The van der Waals surface area contributed by atoms with Crippen LogP contribution in [0.25, 0.3) is 17.0 Å². The third-order valence-corrected chi connectivity index (χ3v) is 5.09. The third kappa shape index (κ3) is 2.33. The molecule has 4 nitrogen and oxygen atoms in total. The number of aliphatic imine (C=N–C) groups is 1. The summed E-state index contributed by atoms with van der Waals surface area (Å²) in [6, 6.07) is 6.10. The van der Waals surface area contributed by atoms with Gasteiger partial charge in [-0.25, -0.2) is 0 Å². The van der Waals surface area contributed by atoms with Gasteiger partial charge in [-0.2, -0.15) is 0 Å². The number of ether oxygens (including phenoxy) is 1. The van der Waals surface area contributed by atoms with Crippen molar-refractivity contribution in [3.63, 3.8) is 0 Å². The smallest absolute Gasteiger partial charge is 0.144 e. The van der Waals surface area contributed by atoms with Crippen LogP contribution in [0, 0.1) is 0 Å². The molecule has 0 unspecified atom stereocenters. The van der Waals surface area contributed by atoms with Crippen molar-refractivity contribution in [3.05, 3.63) is 46.9 Å². The highest BCUT2D eigenvalue weighted by Gasteiger charge is 2.26. The molecule has 0 spiro atoms. The van der Waals surface area contributed by atoms with Gasteiger partial charge in [0.05, 0.1) is 29.9 Å². The lowest BCUT2D eigenvalue weighted by Gasteiger charge is -2.15. The first-order chi connectivity index (χ1) is 11.7. The number of aromatic amines is 2. The fraction of sp³-hybridized carbons (Fsp3) is 0.350. The predicted octanol–water partition coefficient (Wildman–Crippen LogP) is 5.09. The highest BCUT2D eigenvalue weighted by atomic mass is 16.5. The maximum Gasteiger partial charge on any atom is 0.144 e. The van der Waals surface area contributed by atoms with Gasteiger partial charge >= 0.3 is 0 Å². The molecule has 1 aliphatic carbocycles. The molecule has 124 valence electrons. The van der Waals surface area contributed by atoms with E-state index in [2.05, 4.69) is 29.9 Å². The molecule has 2 aromatic heterocycles. The van der Waals surface area contributed by atoms with Crippen LogP contribution in [0.4, 0.5) is 0 Å². The van der Waals surface area contributed by atoms with Gasteiger partial charge in [0.25, 0.3) is 0 Å². The van der Waals surface area contributed by atoms with Gasteiger partial charge in [-0.15, -0.1) is 0 Å². The number of H-pyrrole nitrogens is 2. The minimum absolute atomic E-state index is 0.863. The number of hydrogen-bond donors (Lipinski definition) is 2. The summed E-state index contributed by atoms with van der Waals surface area (Å²) in [5.41, 5.74) is 9.50. The number of allylic oxidation sites excluding steroid dienone is 3. The summed E-state index contributed by atoms with van der Waals surface area (Å²) in [5.74, 6) is 0.863. The van der Waals surface area contributed by atoms with Crippen LogP contribution in [0.5, 0.6) is 5.75 Å². The molecule has 0 saturated heterocycles. The van der Waals surface area contributed by atoms with Crippen LogP contribution in [-0.4, -0.2) is 22.8 Å². The van der Waals surface area contributed by atoms with Crippen molar-refractivity contribution < 1.29 is 4.74 Å². The molecule has 2 aliphatic rings. The molecular weight excluding hydrogens is 298 g/mol. The molecule has 0 fully saturated rings. The van der Waals surface area contributed by atoms with Gasteiger partial charge in [-0.1, -0.05) is 0 Å². The molecule has 4 heteroatoms. The number of nitrogens with one attached hydrogen (secondary N) is 2. The first-order valence-corrected chi connectivity index (χ1v) is 8.59. The van der Waals surface area contributed by atoms with Crippen LogP contribution in [0.2, 0.25) is 0 Å². The van der Waals surface area contributed by atoms with Gasteiger partial charge in [-0.3, -0.25) is 4.99 Å². The van der Waals surface area contributed by atoms with E-state index in [0.717, 1.165) is 46.9 Å². The fourth-order valence-corrected chi connectivity index (χ4v) is 3.82. The summed E-state index contributed by atoms with van der Waals surface area (Å²) in [5, 5.41) is 0. The minimum Gasteiger partial charge on any atom is -0.494 e. The van der Waals surface area contributed by atoms with E-state index in [1.807, 2.05) is 18.3 Å². The summed E-state index contributed by atoms with van der Waals surface area (Å²) >= 11 is 0. The largest absolute Gasteiger partial charge is 0.494 e. The Morgan fingerprint density at radius 2 is 1.96 bits per heavy atom. The quantitative estimate of drug-likeness (QED) is 0.812. The van der Waals surface area contributed by atoms with Gasteiger partial charge in [0.1, 0.15) is 5.75 Å². The highest BCUT2D eigenvalue weighted by Crippen LogP contribution is 2.41. The average Bonchev–Trinajstić information content (AvgIpc) is 3.33. The molecule has 1 aliphatic heterocycles. The Morgan fingerprint density at radius 3 is 2.67 bits per heavy atom. The second-order valence-electron chi connectivity index (χ2n) is 6.55. The SMILES string of the molecule is COc1cc(-c2ccc[nH]2)[nH]c1C(C)=C1N=C(C)C2=C1CCCC2. The minimum atomic E-state index is 0.863. The highest BCUT2D eigenvalue weighted by molar-refractivity contribution is 6.04. The van der Waals surface area contributed by atoms with Crippen LogP contribution >= 0.6 is 0 Å². The summed E-state index contributed by atoms with van der Waals surface area (Å²) < 4.78 is 5.62. The molecule has 3 heterocycles. The van der Waals surface area contributed by atoms with E-state index < -0.39 is 0 Å². The molecule has 2 aromatic rings. The lowest BCUT2D eigenvalue weighted by molar-refractivity contribution is 0.414. The Balaban J connectivity index is 1.83. The summed E-state index contributed by atoms with van der Waals surface area (Å²) in [6.45, 7) is 4.28. The van der Waals surface area contributed by atoms with E-state index in [0.29, 0.717) is 0 Å². The Kier molecular flexibility index (Phi) is 3.68. The van der Waals surface area contributed by atoms with E-state index >= 15 is 0 Å². The number of methoxy groups -OCH3 is 1. The first-order valence-electron chi connectivity index (χ1n) is 8.59. The van der Waals surface area contributed by atoms with Crippen molar-refractivity contribution in [2.45, 2.75) is 39.5 Å². The first kappa shape index (κ1) is 15.1. The standard InChI is InChI=1S/C20H23N3O/c1-12(19-15-8-5-4-7-14(15)13(2)22-19)20-18(24-3)11-17(23-20)16-9-6-10-21-16/h6,9-11,21,23H,4-5,7-8H2,1-3H3. The van der Waals surface area contributed by atoms with Gasteiger partial charge in [0.15, 0.2) is 0 Å². The Labute approximate surface area is 142 Å². The lowest BCUT2D eigenvalue weighted by Crippen LogP contribution is -2.02. The van der Waals surface area contributed by atoms with Crippen LogP contribution < -0.4 is 4.74 Å². The number of rotatable bonds is 3. The van der Waals surface area contributed by atoms with Crippen molar-refractivity contribution in [1.29, 1.82) is 0 Å². The van der Waals surface area contributed by atoms with E-state index in [4.69, 9.17) is 9.73 Å². The Morgan fingerprint density at radius 1 is 1.17 bits per heavy atom. The normalized spacial score (nSPS) is 19.4. The predicted molar refractivity (Wildman–Crippen MR) is 98.3 cm³/mol. The topological polar surface area (TPSA) is 53.2 Å². The maximum absolute atomic E-state index is 5.62. The number of nitrogens with zero attached hydrogens (tertiary/aromatic N) is 1. The summed E-state index contributed by atoms with van der Waals surface area (Å²) in [4.78, 5) is 11.7. The van der Waals surface area contributed by atoms with Crippen LogP contribution in [0.3, 0.4) is 0 Å². The van der Waals surface area contributed by atoms with E-state index in [1.165, 1.54) is 29.7 Å². The molecule has 0 bridgehead atoms. The van der Waals surface area contributed by atoms with Crippen LogP contribution in [0.15, 0.2) is 46.2 Å². The van der Waals surface area contributed by atoms with Crippen LogP contribution in [-0.2, 0) is 0 Å². The zero-order valence-corrected chi connectivity index (χ0v) is 14.5. The summed E-state index contributed by atoms with van der Waals surface area (Å²) in [7, 11) is 1.72. The number of aromatic nitrogens is 2. The molecular formula is C20H23N3O. The number of hydrogen-bond acceptors (Lipinski definition) is 2. The van der Waals surface area contributed by atoms with Gasteiger partial charge in [-0.05, 0) is 62.8 Å². The fourth-order valence-electron chi connectivity index (χ4n) is 3.82. The maximum atomic E-state index is 5.62. The van der Waals surface area contributed by atoms with E-state index in [9.17, 15) is 0 Å². The Bertz CT molecular complexity index is 863. The van der Waals surface area contributed by atoms with Crippen molar-refractivity contribution in [2.75, 3.05) is 7.11 Å². The zero-order valence-electron chi connectivity index (χ0n) is 14.5. The monoisotopic (exact) mass is 321 g/mol. The van der Waals surface area contributed by atoms with E-state index in [-0.39, 0.29) is 0 Å². The second-order valence-corrected chi connectivity index (χ2v) is 6.55. The van der Waals surface area contributed by atoms with E-state index in [1.54, 1.807) is 7.11 Å².